The number of rotatable bonds is 6. The van der Waals surface area contributed by atoms with E-state index in [0.717, 1.165) is 0 Å². The number of nitrogens with one attached hydrogen (secondary N) is 1. The molecule has 0 amide bonds. The predicted molar refractivity (Wildman–Crippen MR) is 56.4 cm³/mol. The van der Waals surface area contributed by atoms with E-state index in [-0.39, 0.29) is 18.5 Å². The minimum absolute atomic E-state index is 0.0883. The van der Waals surface area contributed by atoms with Crippen LogP contribution in [0.25, 0.3) is 0 Å². The maximum Gasteiger partial charge on any atom is 0.349 e. The standard InChI is InChI=1S/C9H15N3O4/c1-16-7(6-13)2-4-12-5-3-8(11-15)10-9(12)14/h3,5,7,13,15H,2,4,6H2,1H3,(H,10,11,14). The Morgan fingerprint density at radius 1 is 1.69 bits per heavy atom. The number of ether oxygens (including phenoxy) is 1. The summed E-state index contributed by atoms with van der Waals surface area (Å²) >= 11 is 0. The summed E-state index contributed by atoms with van der Waals surface area (Å²) < 4.78 is 6.35. The van der Waals surface area contributed by atoms with Gasteiger partial charge in [-0.05, 0) is 12.5 Å². The lowest BCUT2D eigenvalue weighted by Gasteiger charge is -2.12. The van der Waals surface area contributed by atoms with Gasteiger partial charge < -0.3 is 9.84 Å². The fourth-order valence-corrected chi connectivity index (χ4v) is 1.23. The molecule has 0 fully saturated rings. The van der Waals surface area contributed by atoms with Crippen molar-refractivity contribution in [2.24, 2.45) is 0 Å². The normalized spacial score (nSPS) is 12.4. The van der Waals surface area contributed by atoms with Crippen LogP contribution in [0.3, 0.4) is 0 Å². The summed E-state index contributed by atoms with van der Waals surface area (Å²) in [5, 5.41) is 17.4. The van der Waals surface area contributed by atoms with Gasteiger partial charge in [0.2, 0.25) is 0 Å². The van der Waals surface area contributed by atoms with Gasteiger partial charge in [0.25, 0.3) is 0 Å². The molecule has 1 unspecified atom stereocenters. The van der Waals surface area contributed by atoms with E-state index in [2.05, 4.69) is 4.98 Å². The number of aryl methyl sites for hydroxylation is 1. The lowest BCUT2D eigenvalue weighted by atomic mass is 10.2. The molecule has 1 heterocycles. The second-order valence-electron chi connectivity index (χ2n) is 3.23. The average Bonchev–Trinajstić information content (AvgIpc) is 2.32. The Labute approximate surface area is 92.3 Å². The van der Waals surface area contributed by atoms with Crippen LogP contribution in [0.2, 0.25) is 0 Å². The Bertz CT molecular complexity index is 375. The van der Waals surface area contributed by atoms with Gasteiger partial charge in [-0.2, -0.15) is 4.98 Å². The number of aliphatic hydroxyl groups is 1. The van der Waals surface area contributed by atoms with Gasteiger partial charge in [0.15, 0.2) is 5.82 Å². The molecular weight excluding hydrogens is 214 g/mol. The van der Waals surface area contributed by atoms with Crippen molar-refractivity contribution in [3.63, 3.8) is 0 Å². The van der Waals surface area contributed by atoms with Gasteiger partial charge in [-0.3, -0.25) is 15.3 Å². The molecule has 7 heteroatoms. The number of aliphatic hydroxyl groups excluding tert-OH is 1. The van der Waals surface area contributed by atoms with Crippen LogP contribution >= 0.6 is 0 Å². The maximum atomic E-state index is 11.4. The quantitative estimate of drug-likeness (QED) is 0.566. The van der Waals surface area contributed by atoms with E-state index in [9.17, 15) is 4.79 Å². The van der Waals surface area contributed by atoms with Crippen molar-refractivity contribution >= 4 is 5.82 Å². The van der Waals surface area contributed by atoms with Gasteiger partial charge in [0.05, 0.1) is 12.7 Å². The molecule has 0 aromatic carbocycles. The molecule has 0 radical (unpaired) electrons. The molecular formula is C9H15N3O4. The Balaban J connectivity index is 2.64. The van der Waals surface area contributed by atoms with Crippen LogP contribution < -0.4 is 11.2 Å². The first-order valence-electron chi connectivity index (χ1n) is 4.82. The minimum atomic E-state index is -0.466. The van der Waals surface area contributed by atoms with E-state index < -0.39 is 5.69 Å². The molecule has 0 saturated heterocycles. The Morgan fingerprint density at radius 3 is 2.94 bits per heavy atom. The molecule has 0 aliphatic carbocycles. The monoisotopic (exact) mass is 229 g/mol. The molecule has 90 valence electrons. The van der Waals surface area contributed by atoms with E-state index in [4.69, 9.17) is 15.1 Å². The maximum absolute atomic E-state index is 11.4. The van der Waals surface area contributed by atoms with Crippen molar-refractivity contribution in [1.82, 2.24) is 9.55 Å². The third-order valence-corrected chi connectivity index (χ3v) is 2.22. The largest absolute Gasteiger partial charge is 0.394 e. The van der Waals surface area contributed by atoms with Crippen molar-refractivity contribution < 1.29 is 15.1 Å². The zero-order valence-corrected chi connectivity index (χ0v) is 8.96. The van der Waals surface area contributed by atoms with Crippen molar-refractivity contribution in [2.45, 2.75) is 19.1 Å². The third kappa shape index (κ3) is 3.30. The number of hydrogen-bond acceptors (Lipinski definition) is 6. The molecule has 0 bridgehead atoms. The third-order valence-electron chi connectivity index (χ3n) is 2.22. The van der Waals surface area contributed by atoms with E-state index in [0.29, 0.717) is 13.0 Å². The molecule has 1 rings (SSSR count). The molecule has 7 nitrogen and oxygen atoms in total. The van der Waals surface area contributed by atoms with Gasteiger partial charge in [-0.15, -0.1) is 0 Å². The van der Waals surface area contributed by atoms with Gasteiger partial charge in [0, 0.05) is 19.9 Å². The highest BCUT2D eigenvalue weighted by molar-refractivity contribution is 5.27. The second kappa shape index (κ2) is 6.21. The summed E-state index contributed by atoms with van der Waals surface area (Å²) in [6.07, 6.45) is 1.74. The van der Waals surface area contributed by atoms with Crippen molar-refractivity contribution in [3.8, 4) is 0 Å². The number of anilines is 1. The topological polar surface area (TPSA) is 96.6 Å². The first-order valence-corrected chi connectivity index (χ1v) is 4.82. The summed E-state index contributed by atoms with van der Waals surface area (Å²) in [5.74, 6) is 0.103. The fraction of sp³-hybridized carbons (Fsp3) is 0.556. The zero-order chi connectivity index (χ0) is 12.0. The molecule has 0 aliphatic heterocycles. The lowest BCUT2D eigenvalue weighted by Crippen LogP contribution is -2.26. The predicted octanol–water partition coefficient (Wildman–Crippen LogP) is -0.558. The van der Waals surface area contributed by atoms with Crippen LogP contribution in [0.15, 0.2) is 17.1 Å². The molecule has 1 aromatic rings. The molecule has 1 aromatic heterocycles. The molecule has 1 atom stereocenters. The Morgan fingerprint density at radius 2 is 2.44 bits per heavy atom. The smallest absolute Gasteiger partial charge is 0.349 e. The van der Waals surface area contributed by atoms with Crippen LogP contribution in [-0.2, 0) is 11.3 Å². The molecule has 16 heavy (non-hydrogen) atoms. The van der Waals surface area contributed by atoms with Gasteiger partial charge >= 0.3 is 5.69 Å². The van der Waals surface area contributed by atoms with Gasteiger partial charge in [0.1, 0.15) is 0 Å². The summed E-state index contributed by atoms with van der Waals surface area (Å²) in [4.78, 5) is 14.9. The van der Waals surface area contributed by atoms with Crippen molar-refractivity contribution in [2.75, 3.05) is 19.2 Å². The summed E-state index contributed by atoms with van der Waals surface area (Å²) in [5.41, 5.74) is 1.33. The van der Waals surface area contributed by atoms with Crippen LogP contribution in [0, 0.1) is 0 Å². The van der Waals surface area contributed by atoms with E-state index in [1.165, 1.54) is 23.9 Å². The Kier molecular flexibility index (Phi) is 4.90. The van der Waals surface area contributed by atoms with E-state index in [1.54, 1.807) is 5.48 Å². The molecule has 0 aliphatic rings. The first-order chi connectivity index (χ1) is 7.71. The van der Waals surface area contributed by atoms with Crippen molar-refractivity contribution in [3.05, 3.63) is 22.7 Å². The number of hydrogen-bond donors (Lipinski definition) is 3. The Hall–Kier alpha value is -1.44. The van der Waals surface area contributed by atoms with E-state index >= 15 is 0 Å². The number of aromatic nitrogens is 2. The van der Waals surface area contributed by atoms with Crippen LogP contribution in [0.4, 0.5) is 5.82 Å². The minimum Gasteiger partial charge on any atom is -0.394 e. The number of methoxy groups -OCH3 is 1. The summed E-state index contributed by atoms with van der Waals surface area (Å²) in [7, 11) is 1.50. The first kappa shape index (κ1) is 12.6. The van der Waals surface area contributed by atoms with Gasteiger partial charge in [-0.1, -0.05) is 0 Å². The van der Waals surface area contributed by atoms with Crippen LogP contribution in [0.1, 0.15) is 6.42 Å². The average molecular weight is 229 g/mol. The van der Waals surface area contributed by atoms with Crippen LogP contribution in [-0.4, -0.2) is 39.7 Å². The van der Waals surface area contributed by atoms with E-state index in [1.807, 2.05) is 0 Å². The van der Waals surface area contributed by atoms with Gasteiger partial charge in [-0.25, -0.2) is 4.79 Å². The summed E-state index contributed by atoms with van der Waals surface area (Å²) in [6.45, 7) is 0.311. The van der Waals surface area contributed by atoms with Crippen LogP contribution in [0.5, 0.6) is 0 Å². The molecule has 0 spiro atoms. The molecule has 3 N–H and O–H groups in total. The highest BCUT2D eigenvalue weighted by atomic mass is 16.5. The molecule has 0 saturated carbocycles. The highest BCUT2D eigenvalue weighted by Gasteiger charge is 2.06. The summed E-state index contributed by atoms with van der Waals surface area (Å²) in [6, 6.07) is 1.47. The lowest BCUT2D eigenvalue weighted by molar-refractivity contribution is 0.0401. The number of nitrogens with zero attached hydrogens (tertiary/aromatic N) is 2. The fourth-order valence-electron chi connectivity index (χ4n) is 1.23. The zero-order valence-electron chi connectivity index (χ0n) is 8.96. The second-order valence-corrected chi connectivity index (χ2v) is 3.23. The SMILES string of the molecule is COC(CO)CCn1ccc(NO)nc1=O. The highest BCUT2D eigenvalue weighted by Crippen LogP contribution is 2.00. The van der Waals surface area contributed by atoms with Crippen molar-refractivity contribution in [1.29, 1.82) is 0 Å².